The lowest BCUT2D eigenvalue weighted by molar-refractivity contribution is -0.153. The Morgan fingerprint density at radius 2 is 1.53 bits per heavy atom. The zero-order valence-corrected chi connectivity index (χ0v) is 20.3. The number of anilines is 1. The number of rotatable bonds is 11. The maximum atomic E-state index is 13.1. The largest absolute Gasteiger partial charge is 0.493 e. The summed E-state index contributed by atoms with van der Waals surface area (Å²) in [5.41, 5.74) is 1.19. The molecular formula is C27H28N2O7. The number of benzene rings is 3. The number of hydrogen-bond donors (Lipinski definition) is 2. The molecule has 188 valence electrons. The molecule has 0 aliphatic carbocycles. The van der Waals surface area contributed by atoms with Gasteiger partial charge in [-0.25, -0.2) is 0 Å². The van der Waals surface area contributed by atoms with Crippen LogP contribution in [0.3, 0.4) is 0 Å². The monoisotopic (exact) mass is 492 g/mol. The number of ether oxygens (including phenoxy) is 4. The van der Waals surface area contributed by atoms with Gasteiger partial charge in [0.2, 0.25) is 6.10 Å². The smallest absolute Gasteiger partial charge is 0.326 e. The van der Waals surface area contributed by atoms with Gasteiger partial charge in [-0.3, -0.25) is 14.4 Å². The van der Waals surface area contributed by atoms with Gasteiger partial charge in [0.25, 0.3) is 11.8 Å². The molecule has 0 saturated heterocycles. The average molecular weight is 493 g/mol. The molecule has 0 aliphatic heterocycles. The van der Waals surface area contributed by atoms with E-state index in [-0.39, 0.29) is 5.56 Å². The third-order valence-corrected chi connectivity index (χ3v) is 5.07. The van der Waals surface area contributed by atoms with Gasteiger partial charge in [0.1, 0.15) is 12.3 Å². The van der Waals surface area contributed by atoms with E-state index in [1.54, 1.807) is 60.7 Å². The van der Waals surface area contributed by atoms with Gasteiger partial charge in [-0.05, 0) is 37.3 Å². The van der Waals surface area contributed by atoms with Crippen molar-refractivity contribution in [1.29, 1.82) is 0 Å². The van der Waals surface area contributed by atoms with Crippen molar-refractivity contribution >= 4 is 23.5 Å². The van der Waals surface area contributed by atoms with Crippen molar-refractivity contribution in [2.24, 2.45) is 0 Å². The fourth-order valence-corrected chi connectivity index (χ4v) is 3.36. The van der Waals surface area contributed by atoms with Crippen molar-refractivity contribution in [3.8, 4) is 17.2 Å². The van der Waals surface area contributed by atoms with E-state index < -0.39 is 30.4 Å². The molecule has 0 saturated carbocycles. The number of amides is 2. The predicted octanol–water partition coefficient (Wildman–Crippen LogP) is 3.76. The highest BCUT2D eigenvalue weighted by atomic mass is 16.5. The molecule has 9 heteroatoms. The molecule has 3 rings (SSSR count). The number of carbonyl (C=O) groups is 3. The van der Waals surface area contributed by atoms with Crippen LogP contribution in [0.25, 0.3) is 0 Å². The number of hydrogen-bond acceptors (Lipinski definition) is 7. The molecule has 3 aromatic carbocycles. The van der Waals surface area contributed by atoms with E-state index in [4.69, 9.17) is 18.9 Å². The minimum atomic E-state index is -1.24. The molecule has 0 aromatic heterocycles. The average Bonchev–Trinajstić information content (AvgIpc) is 2.91. The number of esters is 1. The Morgan fingerprint density at radius 1 is 0.833 bits per heavy atom. The highest BCUT2D eigenvalue weighted by Crippen LogP contribution is 2.28. The van der Waals surface area contributed by atoms with Gasteiger partial charge in [-0.1, -0.05) is 42.5 Å². The molecule has 0 heterocycles. The molecule has 0 aliphatic rings. The zero-order valence-electron chi connectivity index (χ0n) is 20.3. The molecule has 2 N–H and O–H groups in total. The van der Waals surface area contributed by atoms with Crippen LogP contribution in [0.15, 0.2) is 72.8 Å². The van der Waals surface area contributed by atoms with E-state index >= 15 is 0 Å². The van der Waals surface area contributed by atoms with E-state index in [9.17, 15) is 14.4 Å². The fraction of sp³-hybridized carbons (Fsp3) is 0.222. The fourth-order valence-electron chi connectivity index (χ4n) is 3.36. The Kier molecular flexibility index (Phi) is 9.27. The number of para-hydroxylation sites is 2. The summed E-state index contributed by atoms with van der Waals surface area (Å²) in [6, 6.07) is 20.2. The van der Waals surface area contributed by atoms with E-state index in [0.717, 1.165) is 0 Å². The highest BCUT2D eigenvalue weighted by Gasteiger charge is 2.26. The Hall–Kier alpha value is -4.53. The Balaban J connectivity index is 1.70. The second kappa shape index (κ2) is 12.8. The summed E-state index contributed by atoms with van der Waals surface area (Å²) in [6.45, 7) is 1.81. The maximum Gasteiger partial charge on any atom is 0.326 e. The molecule has 0 fully saturated rings. The van der Waals surface area contributed by atoms with Crippen LogP contribution in [0.5, 0.6) is 17.2 Å². The van der Waals surface area contributed by atoms with Gasteiger partial charge >= 0.3 is 5.97 Å². The molecule has 2 amide bonds. The lowest BCUT2D eigenvalue weighted by atomic mass is 10.1. The van der Waals surface area contributed by atoms with Crippen molar-refractivity contribution < 1.29 is 33.3 Å². The number of nitrogens with one attached hydrogen (secondary N) is 2. The van der Waals surface area contributed by atoms with Gasteiger partial charge in [0, 0.05) is 11.1 Å². The van der Waals surface area contributed by atoms with Crippen LogP contribution in [-0.4, -0.2) is 45.2 Å². The summed E-state index contributed by atoms with van der Waals surface area (Å²) in [4.78, 5) is 38.3. The molecule has 1 unspecified atom stereocenters. The van der Waals surface area contributed by atoms with Crippen LogP contribution < -0.4 is 24.8 Å². The van der Waals surface area contributed by atoms with Gasteiger partial charge in [0.05, 0.1) is 26.5 Å². The molecular weight excluding hydrogens is 464 g/mol. The van der Waals surface area contributed by atoms with Gasteiger partial charge in [-0.2, -0.15) is 0 Å². The predicted molar refractivity (Wildman–Crippen MR) is 133 cm³/mol. The van der Waals surface area contributed by atoms with E-state index in [0.29, 0.717) is 35.1 Å². The van der Waals surface area contributed by atoms with Crippen molar-refractivity contribution in [1.82, 2.24) is 5.32 Å². The molecule has 0 spiro atoms. The first-order chi connectivity index (χ1) is 17.5. The van der Waals surface area contributed by atoms with E-state index in [1.165, 1.54) is 26.4 Å². The second-order valence-electron chi connectivity index (χ2n) is 7.45. The Labute approximate surface area is 209 Å². The van der Waals surface area contributed by atoms with Crippen LogP contribution in [0.1, 0.15) is 28.9 Å². The van der Waals surface area contributed by atoms with Crippen molar-refractivity contribution in [3.63, 3.8) is 0 Å². The molecule has 1 atom stereocenters. The highest BCUT2D eigenvalue weighted by molar-refractivity contribution is 5.98. The first kappa shape index (κ1) is 26.1. The summed E-state index contributed by atoms with van der Waals surface area (Å²) in [5, 5.41) is 5.26. The maximum absolute atomic E-state index is 13.1. The van der Waals surface area contributed by atoms with Crippen LogP contribution in [0, 0.1) is 0 Å². The SMILES string of the molecule is CCOc1ccccc1NC(=O)C(OC(=O)CNC(=O)c1ccc(OC)c(OC)c1)c1ccccc1. The van der Waals surface area contributed by atoms with E-state index in [1.807, 2.05) is 6.92 Å². The number of carbonyl (C=O) groups excluding carboxylic acids is 3. The minimum Gasteiger partial charge on any atom is -0.493 e. The molecule has 9 nitrogen and oxygen atoms in total. The Bertz CT molecular complexity index is 1200. The molecule has 0 radical (unpaired) electrons. The van der Waals surface area contributed by atoms with Crippen molar-refractivity contribution in [3.05, 3.63) is 83.9 Å². The van der Waals surface area contributed by atoms with Gasteiger partial charge in [-0.15, -0.1) is 0 Å². The summed E-state index contributed by atoms with van der Waals surface area (Å²) < 4.78 is 21.4. The normalized spacial score (nSPS) is 11.1. The summed E-state index contributed by atoms with van der Waals surface area (Å²) >= 11 is 0. The summed E-state index contributed by atoms with van der Waals surface area (Å²) in [6.07, 6.45) is -1.24. The summed E-state index contributed by atoms with van der Waals surface area (Å²) in [5.74, 6) is -0.524. The van der Waals surface area contributed by atoms with Crippen molar-refractivity contribution in [2.75, 3.05) is 32.7 Å². The van der Waals surface area contributed by atoms with Crippen LogP contribution in [-0.2, 0) is 14.3 Å². The zero-order chi connectivity index (χ0) is 25.9. The van der Waals surface area contributed by atoms with Gasteiger partial charge in [0.15, 0.2) is 11.5 Å². The van der Waals surface area contributed by atoms with Crippen molar-refractivity contribution in [2.45, 2.75) is 13.0 Å². The van der Waals surface area contributed by atoms with E-state index in [2.05, 4.69) is 10.6 Å². The lowest BCUT2D eigenvalue weighted by Gasteiger charge is -2.19. The number of methoxy groups -OCH3 is 2. The van der Waals surface area contributed by atoms with Crippen LogP contribution in [0.4, 0.5) is 5.69 Å². The molecule has 3 aromatic rings. The molecule has 0 bridgehead atoms. The van der Waals surface area contributed by atoms with Crippen LogP contribution in [0.2, 0.25) is 0 Å². The third kappa shape index (κ3) is 6.75. The Morgan fingerprint density at radius 3 is 2.22 bits per heavy atom. The minimum absolute atomic E-state index is 0.269. The quantitative estimate of drug-likeness (QED) is 0.392. The first-order valence-electron chi connectivity index (χ1n) is 11.2. The standard InChI is InChI=1S/C27H28N2O7/c1-4-35-21-13-9-8-12-20(21)29-27(32)25(18-10-6-5-7-11-18)36-24(30)17-28-26(31)19-14-15-22(33-2)23(16-19)34-3/h5-16,25H,4,17H2,1-3H3,(H,28,31)(H,29,32). The first-order valence-corrected chi connectivity index (χ1v) is 11.2. The molecule has 36 heavy (non-hydrogen) atoms. The lowest BCUT2D eigenvalue weighted by Crippen LogP contribution is -2.33. The topological polar surface area (TPSA) is 112 Å². The van der Waals surface area contributed by atoms with Crippen LogP contribution >= 0.6 is 0 Å². The summed E-state index contributed by atoms with van der Waals surface area (Å²) in [7, 11) is 2.95. The second-order valence-corrected chi connectivity index (χ2v) is 7.45. The van der Waals surface area contributed by atoms with Gasteiger partial charge < -0.3 is 29.6 Å². The third-order valence-electron chi connectivity index (χ3n) is 5.07.